The van der Waals surface area contributed by atoms with E-state index in [1.54, 1.807) is 7.11 Å². The van der Waals surface area contributed by atoms with E-state index < -0.39 is 11.2 Å². The number of nitriles is 1. The molecule has 0 spiro atoms. The Balaban J connectivity index is 1.96. The van der Waals surface area contributed by atoms with Crippen LogP contribution in [0.4, 0.5) is 5.82 Å². The predicted octanol–water partition coefficient (Wildman–Crippen LogP) is 0.380. The van der Waals surface area contributed by atoms with Crippen molar-refractivity contribution in [3.63, 3.8) is 0 Å². The van der Waals surface area contributed by atoms with Crippen molar-refractivity contribution in [1.29, 1.82) is 5.26 Å². The van der Waals surface area contributed by atoms with Gasteiger partial charge in [0.05, 0.1) is 13.2 Å². The van der Waals surface area contributed by atoms with Crippen molar-refractivity contribution in [2.45, 2.75) is 12.5 Å². The standard InChI is InChI=1S/C17H18N4O4/c1-20-15(12(8-18)16(22)21(2)17(20)23)19-11-7-10-5-4-6-13(24-3)14(10)25-9-11/h4-6,11,19H,7,9H2,1-3H3/t11-/m1/s1. The van der Waals surface area contributed by atoms with Crippen molar-refractivity contribution < 1.29 is 9.47 Å². The number of methoxy groups -OCH3 is 1. The minimum Gasteiger partial charge on any atom is -0.493 e. The summed E-state index contributed by atoms with van der Waals surface area (Å²) in [7, 11) is 4.45. The second kappa shape index (κ2) is 6.36. The van der Waals surface area contributed by atoms with E-state index in [1.165, 1.54) is 18.7 Å². The molecule has 25 heavy (non-hydrogen) atoms. The molecule has 1 aliphatic rings. The fourth-order valence-electron chi connectivity index (χ4n) is 2.95. The molecule has 1 N–H and O–H groups in total. The molecule has 0 amide bonds. The third-order valence-corrected chi connectivity index (χ3v) is 4.29. The van der Waals surface area contributed by atoms with Gasteiger partial charge in [0.1, 0.15) is 18.5 Å². The highest BCUT2D eigenvalue weighted by atomic mass is 16.5. The van der Waals surface area contributed by atoms with E-state index in [0.717, 1.165) is 10.1 Å². The SMILES string of the molecule is COc1cccc2c1OC[C@H](Nc1c(C#N)c(=O)n(C)c(=O)n1C)C2. The van der Waals surface area contributed by atoms with Gasteiger partial charge in [0.2, 0.25) is 0 Å². The lowest BCUT2D eigenvalue weighted by molar-refractivity contribution is 0.255. The molecule has 1 aliphatic heterocycles. The molecule has 8 nitrogen and oxygen atoms in total. The van der Waals surface area contributed by atoms with Crippen molar-refractivity contribution in [2.24, 2.45) is 14.1 Å². The number of ether oxygens (including phenoxy) is 2. The van der Waals surface area contributed by atoms with Crippen LogP contribution in [0.3, 0.4) is 0 Å². The summed E-state index contributed by atoms with van der Waals surface area (Å²) in [6.45, 7) is 0.321. The van der Waals surface area contributed by atoms with Gasteiger partial charge in [-0.1, -0.05) is 12.1 Å². The van der Waals surface area contributed by atoms with Crippen LogP contribution in [0.15, 0.2) is 27.8 Å². The number of rotatable bonds is 3. The first-order chi connectivity index (χ1) is 12.0. The van der Waals surface area contributed by atoms with Gasteiger partial charge in [-0.15, -0.1) is 0 Å². The van der Waals surface area contributed by atoms with Gasteiger partial charge in [-0.3, -0.25) is 13.9 Å². The highest BCUT2D eigenvalue weighted by Gasteiger charge is 2.25. The fourth-order valence-corrected chi connectivity index (χ4v) is 2.95. The van der Waals surface area contributed by atoms with Crippen LogP contribution in [0.1, 0.15) is 11.1 Å². The van der Waals surface area contributed by atoms with Crippen LogP contribution < -0.4 is 26.0 Å². The van der Waals surface area contributed by atoms with Gasteiger partial charge in [0, 0.05) is 19.7 Å². The Labute approximate surface area is 143 Å². The van der Waals surface area contributed by atoms with Crippen LogP contribution >= 0.6 is 0 Å². The average molecular weight is 342 g/mol. The molecule has 1 atom stereocenters. The number of hydrogen-bond donors (Lipinski definition) is 1. The van der Waals surface area contributed by atoms with Gasteiger partial charge in [0.25, 0.3) is 5.56 Å². The van der Waals surface area contributed by atoms with Crippen LogP contribution in [0.2, 0.25) is 0 Å². The summed E-state index contributed by atoms with van der Waals surface area (Å²) in [6, 6.07) is 7.32. The minimum absolute atomic E-state index is 0.0963. The minimum atomic E-state index is -0.619. The maximum absolute atomic E-state index is 12.2. The first kappa shape index (κ1) is 16.6. The zero-order valence-electron chi connectivity index (χ0n) is 14.2. The fraction of sp³-hybridized carbons (Fsp3) is 0.353. The first-order valence-corrected chi connectivity index (χ1v) is 7.73. The van der Waals surface area contributed by atoms with Crippen molar-refractivity contribution in [2.75, 3.05) is 19.0 Å². The molecular formula is C17H18N4O4. The average Bonchev–Trinajstić information content (AvgIpc) is 2.64. The van der Waals surface area contributed by atoms with Crippen LogP contribution in [0.5, 0.6) is 11.5 Å². The topological polar surface area (TPSA) is 98.3 Å². The lowest BCUT2D eigenvalue weighted by Crippen LogP contribution is -2.42. The predicted molar refractivity (Wildman–Crippen MR) is 91.2 cm³/mol. The Morgan fingerprint density at radius 3 is 2.76 bits per heavy atom. The summed E-state index contributed by atoms with van der Waals surface area (Å²) >= 11 is 0. The molecule has 0 unspecified atom stereocenters. The third-order valence-electron chi connectivity index (χ3n) is 4.29. The third kappa shape index (κ3) is 2.74. The summed E-state index contributed by atoms with van der Waals surface area (Å²) in [6.07, 6.45) is 0.612. The number of benzene rings is 1. The quantitative estimate of drug-likeness (QED) is 0.866. The molecule has 0 aliphatic carbocycles. The molecule has 0 bridgehead atoms. The number of fused-ring (bicyclic) bond motifs is 1. The summed E-state index contributed by atoms with van der Waals surface area (Å²) in [5.41, 5.74) is -0.256. The second-order valence-electron chi connectivity index (χ2n) is 5.85. The van der Waals surface area contributed by atoms with Gasteiger partial charge < -0.3 is 14.8 Å². The van der Waals surface area contributed by atoms with Crippen LogP contribution in [-0.4, -0.2) is 28.9 Å². The first-order valence-electron chi connectivity index (χ1n) is 7.73. The second-order valence-corrected chi connectivity index (χ2v) is 5.85. The van der Waals surface area contributed by atoms with Gasteiger partial charge in [0.15, 0.2) is 17.1 Å². The Morgan fingerprint density at radius 1 is 1.32 bits per heavy atom. The zero-order chi connectivity index (χ0) is 18.1. The lowest BCUT2D eigenvalue weighted by atomic mass is 10.0. The molecule has 8 heteroatoms. The summed E-state index contributed by atoms with van der Waals surface area (Å²) in [5.74, 6) is 1.56. The molecule has 2 heterocycles. The van der Waals surface area contributed by atoms with E-state index in [9.17, 15) is 14.9 Å². The van der Waals surface area contributed by atoms with Gasteiger partial charge in [-0.2, -0.15) is 5.26 Å². The number of nitrogens with zero attached hydrogens (tertiary/aromatic N) is 3. The molecular weight excluding hydrogens is 324 g/mol. The van der Waals surface area contributed by atoms with Crippen LogP contribution in [-0.2, 0) is 20.5 Å². The molecule has 0 radical (unpaired) electrons. The van der Waals surface area contributed by atoms with Crippen molar-refractivity contribution in [1.82, 2.24) is 9.13 Å². The maximum Gasteiger partial charge on any atom is 0.332 e. The summed E-state index contributed by atoms with van der Waals surface area (Å²) in [4.78, 5) is 24.3. The van der Waals surface area contributed by atoms with E-state index in [-0.39, 0.29) is 17.4 Å². The highest BCUT2D eigenvalue weighted by molar-refractivity contribution is 5.53. The van der Waals surface area contributed by atoms with Gasteiger partial charge in [-0.25, -0.2) is 4.79 Å². The Bertz CT molecular complexity index is 984. The normalized spacial score (nSPS) is 15.7. The Kier molecular flexibility index (Phi) is 4.23. The number of para-hydroxylation sites is 1. The molecule has 1 aromatic heterocycles. The van der Waals surface area contributed by atoms with Gasteiger partial charge >= 0.3 is 5.69 Å². The molecule has 1 aromatic carbocycles. The molecule has 130 valence electrons. The van der Waals surface area contributed by atoms with Gasteiger partial charge in [-0.05, 0) is 12.5 Å². The van der Waals surface area contributed by atoms with Crippen molar-refractivity contribution >= 4 is 5.82 Å². The number of nitrogens with one attached hydrogen (secondary N) is 1. The summed E-state index contributed by atoms with van der Waals surface area (Å²) in [5, 5.41) is 12.4. The molecule has 0 saturated heterocycles. The smallest absolute Gasteiger partial charge is 0.332 e. The van der Waals surface area contributed by atoms with Crippen LogP contribution in [0, 0.1) is 11.3 Å². The lowest BCUT2D eigenvalue weighted by Gasteiger charge is -2.28. The van der Waals surface area contributed by atoms with E-state index in [2.05, 4.69) is 5.32 Å². The maximum atomic E-state index is 12.2. The largest absolute Gasteiger partial charge is 0.493 e. The highest BCUT2D eigenvalue weighted by Crippen LogP contribution is 2.35. The molecule has 0 saturated carbocycles. The van der Waals surface area contributed by atoms with Crippen LogP contribution in [0.25, 0.3) is 0 Å². The van der Waals surface area contributed by atoms with Crippen molar-refractivity contribution in [3.8, 4) is 17.6 Å². The van der Waals surface area contributed by atoms with E-state index >= 15 is 0 Å². The Hall–Kier alpha value is -3.21. The molecule has 3 rings (SSSR count). The molecule has 0 fully saturated rings. The molecule has 2 aromatic rings. The monoisotopic (exact) mass is 342 g/mol. The van der Waals surface area contributed by atoms with Crippen molar-refractivity contribution in [3.05, 3.63) is 50.2 Å². The number of anilines is 1. The van der Waals surface area contributed by atoms with E-state index in [0.29, 0.717) is 24.5 Å². The Morgan fingerprint density at radius 2 is 2.08 bits per heavy atom. The zero-order valence-corrected chi connectivity index (χ0v) is 14.2. The van der Waals surface area contributed by atoms with E-state index in [4.69, 9.17) is 9.47 Å². The number of aromatic nitrogens is 2. The van der Waals surface area contributed by atoms with E-state index in [1.807, 2.05) is 24.3 Å². The number of hydrogen-bond acceptors (Lipinski definition) is 6. The summed E-state index contributed by atoms with van der Waals surface area (Å²) < 4.78 is 13.3.